The van der Waals surface area contributed by atoms with Crippen molar-refractivity contribution in [3.63, 3.8) is 0 Å². The van der Waals surface area contributed by atoms with Gasteiger partial charge in [-0.2, -0.15) is 0 Å². The summed E-state index contributed by atoms with van der Waals surface area (Å²) in [7, 11) is 0. The van der Waals surface area contributed by atoms with Gasteiger partial charge < -0.3 is 5.32 Å². The first-order chi connectivity index (χ1) is 9.54. The van der Waals surface area contributed by atoms with Crippen molar-refractivity contribution < 1.29 is 4.79 Å². The van der Waals surface area contributed by atoms with Crippen molar-refractivity contribution >= 4 is 29.3 Å². The SMILES string of the molecule is Cc1ccc(NC(=O)C=Cc2ccc(Cl)cc2)c(C)c1. The molecule has 0 bridgehead atoms. The summed E-state index contributed by atoms with van der Waals surface area (Å²) in [6.45, 7) is 4.00. The molecule has 2 rings (SSSR count). The van der Waals surface area contributed by atoms with Crippen molar-refractivity contribution in [3.8, 4) is 0 Å². The molecule has 0 aromatic heterocycles. The molecule has 0 spiro atoms. The van der Waals surface area contributed by atoms with Crippen LogP contribution in [0.3, 0.4) is 0 Å². The van der Waals surface area contributed by atoms with E-state index in [0.29, 0.717) is 5.02 Å². The molecule has 0 radical (unpaired) electrons. The summed E-state index contributed by atoms with van der Waals surface area (Å²) in [6.07, 6.45) is 3.28. The average molecular weight is 286 g/mol. The molecule has 1 N–H and O–H groups in total. The fraction of sp³-hybridized carbons (Fsp3) is 0.118. The number of aryl methyl sites for hydroxylation is 2. The van der Waals surface area contributed by atoms with Crippen LogP contribution in [0.25, 0.3) is 6.08 Å². The summed E-state index contributed by atoms with van der Waals surface area (Å²) in [5, 5.41) is 3.55. The van der Waals surface area contributed by atoms with E-state index in [0.717, 1.165) is 16.8 Å². The third-order valence-electron chi connectivity index (χ3n) is 2.94. The van der Waals surface area contributed by atoms with Crippen LogP contribution in [0.5, 0.6) is 0 Å². The number of carbonyl (C=O) groups is 1. The highest BCUT2D eigenvalue weighted by molar-refractivity contribution is 6.30. The van der Waals surface area contributed by atoms with Crippen LogP contribution in [0.1, 0.15) is 16.7 Å². The van der Waals surface area contributed by atoms with Gasteiger partial charge in [0.1, 0.15) is 0 Å². The Labute approximate surface area is 124 Å². The largest absolute Gasteiger partial charge is 0.322 e. The Kier molecular flexibility index (Phi) is 4.59. The van der Waals surface area contributed by atoms with E-state index in [9.17, 15) is 4.79 Å². The normalized spacial score (nSPS) is 10.8. The Morgan fingerprint density at radius 3 is 2.45 bits per heavy atom. The van der Waals surface area contributed by atoms with Gasteiger partial charge in [-0.05, 0) is 49.2 Å². The molecular formula is C17H16ClNO. The van der Waals surface area contributed by atoms with Crippen LogP contribution in [0.2, 0.25) is 5.02 Å². The lowest BCUT2D eigenvalue weighted by atomic mass is 10.1. The van der Waals surface area contributed by atoms with E-state index in [-0.39, 0.29) is 5.91 Å². The van der Waals surface area contributed by atoms with E-state index in [1.807, 2.05) is 44.2 Å². The molecule has 0 atom stereocenters. The van der Waals surface area contributed by atoms with Gasteiger partial charge in [-0.15, -0.1) is 0 Å². The van der Waals surface area contributed by atoms with Gasteiger partial charge >= 0.3 is 0 Å². The van der Waals surface area contributed by atoms with Crippen LogP contribution in [0.4, 0.5) is 5.69 Å². The second-order valence-electron chi connectivity index (χ2n) is 4.69. The molecule has 20 heavy (non-hydrogen) atoms. The number of carbonyl (C=O) groups excluding carboxylic acids is 1. The molecular weight excluding hydrogens is 270 g/mol. The first-order valence-corrected chi connectivity index (χ1v) is 6.74. The molecule has 0 aliphatic rings. The van der Waals surface area contributed by atoms with Crippen molar-refractivity contribution in [1.82, 2.24) is 0 Å². The van der Waals surface area contributed by atoms with Crippen molar-refractivity contribution in [2.24, 2.45) is 0 Å². The standard InChI is InChI=1S/C17H16ClNO/c1-12-3-9-16(13(2)11-12)19-17(20)10-6-14-4-7-15(18)8-5-14/h3-11H,1-2H3,(H,19,20). The van der Waals surface area contributed by atoms with E-state index in [1.165, 1.54) is 11.6 Å². The monoisotopic (exact) mass is 285 g/mol. The molecule has 2 nitrogen and oxygen atoms in total. The van der Waals surface area contributed by atoms with Crippen LogP contribution < -0.4 is 5.32 Å². The van der Waals surface area contributed by atoms with Gasteiger partial charge in [0.15, 0.2) is 0 Å². The molecule has 0 saturated carbocycles. The molecule has 0 aliphatic carbocycles. The van der Waals surface area contributed by atoms with E-state index in [1.54, 1.807) is 18.2 Å². The Morgan fingerprint density at radius 1 is 1.10 bits per heavy atom. The maximum absolute atomic E-state index is 11.9. The summed E-state index contributed by atoms with van der Waals surface area (Å²) in [6, 6.07) is 13.3. The van der Waals surface area contributed by atoms with Crippen molar-refractivity contribution in [3.05, 3.63) is 70.3 Å². The number of hydrogen-bond acceptors (Lipinski definition) is 1. The topological polar surface area (TPSA) is 29.1 Å². The Hall–Kier alpha value is -2.06. The number of hydrogen-bond donors (Lipinski definition) is 1. The fourth-order valence-corrected chi connectivity index (χ4v) is 2.00. The lowest BCUT2D eigenvalue weighted by molar-refractivity contribution is -0.111. The maximum Gasteiger partial charge on any atom is 0.248 e. The minimum Gasteiger partial charge on any atom is -0.322 e. The summed E-state index contributed by atoms with van der Waals surface area (Å²) in [5.41, 5.74) is 4.00. The highest BCUT2D eigenvalue weighted by Gasteiger charge is 2.01. The second-order valence-corrected chi connectivity index (χ2v) is 5.13. The second kappa shape index (κ2) is 6.40. The molecule has 0 aliphatic heterocycles. The van der Waals surface area contributed by atoms with E-state index >= 15 is 0 Å². The van der Waals surface area contributed by atoms with Gasteiger partial charge in [0.25, 0.3) is 0 Å². The molecule has 3 heteroatoms. The smallest absolute Gasteiger partial charge is 0.248 e. The van der Waals surface area contributed by atoms with Crippen molar-refractivity contribution in [2.75, 3.05) is 5.32 Å². The number of nitrogens with one attached hydrogen (secondary N) is 1. The number of anilines is 1. The van der Waals surface area contributed by atoms with Crippen molar-refractivity contribution in [1.29, 1.82) is 0 Å². The lowest BCUT2D eigenvalue weighted by Gasteiger charge is -2.07. The van der Waals surface area contributed by atoms with Crippen LogP contribution in [0, 0.1) is 13.8 Å². The number of rotatable bonds is 3. The summed E-state index contributed by atoms with van der Waals surface area (Å²) >= 11 is 5.81. The first-order valence-electron chi connectivity index (χ1n) is 6.36. The predicted octanol–water partition coefficient (Wildman–Crippen LogP) is 4.61. The number of amides is 1. The molecule has 1 amide bonds. The maximum atomic E-state index is 11.9. The molecule has 2 aromatic rings. The summed E-state index contributed by atoms with van der Waals surface area (Å²) in [4.78, 5) is 11.9. The van der Waals surface area contributed by atoms with Crippen LogP contribution in [-0.2, 0) is 4.79 Å². The fourth-order valence-electron chi connectivity index (χ4n) is 1.87. The van der Waals surface area contributed by atoms with Gasteiger partial charge in [-0.3, -0.25) is 4.79 Å². The van der Waals surface area contributed by atoms with Crippen LogP contribution in [-0.4, -0.2) is 5.91 Å². The van der Waals surface area contributed by atoms with Gasteiger partial charge in [-0.1, -0.05) is 41.4 Å². The summed E-state index contributed by atoms with van der Waals surface area (Å²) < 4.78 is 0. The molecule has 0 fully saturated rings. The zero-order valence-corrected chi connectivity index (χ0v) is 12.2. The zero-order chi connectivity index (χ0) is 14.5. The third-order valence-corrected chi connectivity index (χ3v) is 3.19. The Bertz CT molecular complexity index is 645. The highest BCUT2D eigenvalue weighted by atomic mass is 35.5. The molecule has 102 valence electrons. The molecule has 0 unspecified atom stereocenters. The van der Waals surface area contributed by atoms with Crippen LogP contribution >= 0.6 is 11.6 Å². The number of halogens is 1. The first kappa shape index (κ1) is 14.4. The minimum absolute atomic E-state index is 0.146. The third kappa shape index (κ3) is 3.97. The lowest BCUT2D eigenvalue weighted by Crippen LogP contribution is -2.08. The Morgan fingerprint density at radius 2 is 1.80 bits per heavy atom. The molecule has 0 saturated heterocycles. The van der Waals surface area contributed by atoms with Crippen molar-refractivity contribution in [2.45, 2.75) is 13.8 Å². The molecule has 0 heterocycles. The van der Waals surface area contributed by atoms with Gasteiger partial charge in [0.2, 0.25) is 5.91 Å². The van der Waals surface area contributed by atoms with E-state index in [2.05, 4.69) is 5.32 Å². The quantitative estimate of drug-likeness (QED) is 0.820. The highest BCUT2D eigenvalue weighted by Crippen LogP contribution is 2.16. The van der Waals surface area contributed by atoms with Crippen LogP contribution in [0.15, 0.2) is 48.5 Å². The van der Waals surface area contributed by atoms with Gasteiger partial charge in [-0.25, -0.2) is 0 Å². The van der Waals surface area contributed by atoms with E-state index < -0.39 is 0 Å². The predicted molar refractivity (Wildman–Crippen MR) is 85.0 cm³/mol. The van der Waals surface area contributed by atoms with Gasteiger partial charge in [0.05, 0.1) is 0 Å². The minimum atomic E-state index is -0.146. The summed E-state index contributed by atoms with van der Waals surface area (Å²) in [5.74, 6) is -0.146. The van der Waals surface area contributed by atoms with Gasteiger partial charge in [0, 0.05) is 16.8 Å². The Balaban J connectivity index is 2.03. The number of benzene rings is 2. The zero-order valence-electron chi connectivity index (χ0n) is 11.5. The van der Waals surface area contributed by atoms with E-state index in [4.69, 9.17) is 11.6 Å². The average Bonchev–Trinajstić information content (AvgIpc) is 2.41. The molecule has 2 aromatic carbocycles.